The van der Waals surface area contributed by atoms with Crippen LogP contribution < -0.4 is 5.32 Å². The summed E-state index contributed by atoms with van der Waals surface area (Å²) in [6, 6.07) is 4.20. The molecule has 2 aliphatic carbocycles. The Labute approximate surface area is 194 Å². The van der Waals surface area contributed by atoms with Gasteiger partial charge in [0.15, 0.2) is 0 Å². The molecule has 3 aliphatic rings. The summed E-state index contributed by atoms with van der Waals surface area (Å²) in [6.45, 7) is 5.25. The van der Waals surface area contributed by atoms with Crippen molar-refractivity contribution >= 4 is 33.3 Å². The molecule has 0 spiro atoms. The van der Waals surface area contributed by atoms with Crippen LogP contribution in [0.1, 0.15) is 32.6 Å². The predicted molar refractivity (Wildman–Crippen MR) is 124 cm³/mol. The maximum atomic E-state index is 13.5. The quantitative estimate of drug-likeness (QED) is 0.640. The van der Waals surface area contributed by atoms with Crippen molar-refractivity contribution in [2.45, 2.75) is 38.6 Å². The lowest BCUT2D eigenvalue weighted by molar-refractivity contribution is 0.133. The van der Waals surface area contributed by atoms with Gasteiger partial charge in [-0.25, -0.2) is 17.6 Å². The molecule has 32 heavy (non-hydrogen) atoms. The maximum Gasteiger partial charge on any atom is 0.322 e. The number of piperazine rings is 1. The van der Waals surface area contributed by atoms with E-state index in [2.05, 4.69) is 10.2 Å². The summed E-state index contributed by atoms with van der Waals surface area (Å²) in [5.74, 6) is 1.17. The van der Waals surface area contributed by atoms with Gasteiger partial charge in [0.1, 0.15) is 5.82 Å². The lowest BCUT2D eigenvalue weighted by atomic mass is 9.94. The first kappa shape index (κ1) is 23.7. The van der Waals surface area contributed by atoms with Crippen molar-refractivity contribution in [2.24, 2.45) is 11.8 Å². The second-order valence-electron chi connectivity index (χ2n) is 9.12. The van der Waals surface area contributed by atoms with Gasteiger partial charge in [-0.15, -0.1) is 0 Å². The summed E-state index contributed by atoms with van der Waals surface area (Å²) in [5, 5.41) is 2.87. The van der Waals surface area contributed by atoms with Gasteiger partial charge in [-0.05, 0) is 62.6 Å². The molecule has 2 amide bonds. The summed E-state index contributed by atoms with van der Waals surface area (Å²) < 4.78 is 39.2. The van der Waals surface area contributed by atoms with E-state index in [9.17, 15) is 17.6 Å². The monoisotopic (exact) mass is 486 g/mol. The van der Waals surface area contributed by atoms with Crippen LogP contribution in [0.5, 0.6) is 0 Å². The van der Waals surface area contributed by atoms with Crippen molar-refractivity contribution in [1.29, 1.82) is 0 Å². The third kappa shape index (κ3) is 5.55. The number of sulfonamides is 1. The fourth-order valence-corrected chi connectivity index (χ4v) is 6.26. The highest BCUT2D eigenvalue weighted by molar-refractivity contribution is 7.89. The molecule has 3 fully saturated rings. The number of amides is 2. The van der Waals surface area contributed by atoms with Crippen LogP contribution >= 0.6 is 11.6 Å². The van der Waals surface area contributed by atoms with Crippen molar-refractivity contribution in [3.05, 3.63) is 29.0 Å². The topological polar surface area (TPSA) is 73.0 Å². The molecule has 0 bridgehead atoms. The van der Waals surface area contributed by atoms with E-state index in [0.29, 0.717) is 45.0 Å². The van der Waals surface area contributed by atoms with E-state index in [-0.39, 0.29) is 22.8 Å². The zero-order valence-electron chi connectivity index (χ0n) is 18.5. The Bertz CT molecular complexity index is 939. The van der Waals surface area contributed by atoms with Crippen molar-refractivity contribution < 1.29 is 17.6 Å². The van der Waals surface area contributed by atoms with Gasteiger partial charge in [-0.2, -0.15) is 4.31 Å². The molecule has 3 unspecified atom stereocenters. The lowest BCUT2D eigenvalue weighted by Gasteiger charge is -2.38. The molecule has 4 rings (SSSR count). The minimum Gasteiger partial charge on any atom is -0.320 e. The first-order valence-electron chi connectivity index (χ1n) is 11.5. The summed E-state index contributed by atoms with van der Waals surface area (Å²) >= 11 is 5.87. The molecule has 0 aromatic heterocycles. The number of hydrogen-bond acceptors (Lipinski definition) is 4. The second kappa shape index (κ2) is 9.83. The largest absolute Gasteiger partial charge is 0.322 e. The third-order valence-electron chi connectivity index (χ3n) is 7.13. The van der Waals surface area contributed by atoms with Gasteiger partial charge >= 0.3 is 6.03 Å². The zero-order valence-corrected chi connectivity index (χ0v) is 20.0. The Morgan fingerprint density at radius 3 is 2.59 bits per heavy atom. The minimum absolute atomic E-state index is 0.0206. The molecule has 1 aromatic carbocycles. The molecular formula is C22H32ClFN4O3S. The van der Waals surface area contributed by atoms with Crippen LogP contribution in [0.15, 0.2) is 18.2 Å². The number of nitrogens with zero attached hydrogens (tertiary/aromatic N) is 3. The molecule has 1 aliphatic heterocycles. The van der Waals surface area contributed by atoms with Gasteiger partial charge in [0, 0.05) is 51.0 Å². The number of rotatable bonds is 7. The van der Waals surface area contributed by atoms with Crippen molar-refractivity contribution in [3.63, 3.8) is 0 Å². The summed E-state index contributed by atoms with van der Waals surface area (Å²) in [7, 11) is -3.15. The molecule has 1 saturated heterocycles. The fourth-order valence-electron chi connectivity index (χ4n) is 4.99. The summed E-state index contributed by atoms with van der Waals surface area (Å²) in [5.41, 5.74) is 0.477. The highest BCUT2D eigenvalue weighted by Crippen LogP contribution is 2.50. The molecule has 7 nitrogen and oxygen atoms in total. The molecule has 1 aromatic rings. The van der Waals surface area contributed by atoms with E-state index in [1.54, 1.807) is 11.2 Å². The van der Waals surface area contributed by atoms with E-state index in [1.165, 1.54) is 24.6 Å². The molecule has 10 heteroatoms. The summed E-state index contributed by atoms with van der Waals surface area (Å²) in [4.78, 5) is 17.3. The van der Waals surface area contributed by atoms with Crippen molar-refractivity contribution in [2.75, 3.05) is 50.3 Å². The number of benzene rings is 1. The fraction of sp³-hybridized carbons (Fsp3) is 0.682. The molecule has 0 radical (unpaired) electrons. The molecule has 1 N–H and O–H groups in total. The number of carbonyl (C=O) groups excluding carboxylic acids is 1. The number of hydrogen-bond donors (Lipinski definition) is 1. The van der Waals surface area contributed by atoms with E-state index in [0.717, 1.165) is 31.1 Å². The third-order valence-corrected chi connectivity index (χ3v) is 9.30. The van der Waals surface area contributed by atoms with Crippen molar-refractivity contribution in [3.8, 4) is 0 Å². The number of urea groups is 1. The van der Waals surface area contributed by atoms with Gasteiger partial charge in [-0.3, -0.25) is 4.90 Å². The number of nitrogens with one attached hydrogen (secondary N) is 1. The minimum atomic E-state index is -3.15. The second-order valence-corrected chi connectivity index (χ2v) is 11.8. The molecule has 2 saturated carbocycles. The van der Waals surface area contributed by atoms with Gasteiger partial charge < -0.3 is 10.2 Å². The highest BCUT2D eigenvalue weighted by Gasteiger charge is 2.44. The number of anilines is 1. The Morgan fingerprint density at radius 2 is 1.94 bits per heavy atom. The lowest BCUT2D eigenvalue weighted by Crippen LogP contribution is -2.52. The van der Waals surface area contributed by atoms with Gasteiger partial charge in [-0.1, -0.05) is 11.6 Å². The van der Waals surface area contributed by atoms with Gasteiger partial charge in [0.25, 0.3) is 0 Å². The Hall–Kier alpha value is -1.42. The standard InChI is InChI=1S/C22H32ClFN4O3S/c1-2-32(30,31)27-10-7-26(8-11-27)9-12-28(19-5-3-16-13-17(16)14-19)22(29)25-18-4-6-21(24)20(23)15-18/h4,6,15-17,19H,2-3,5,7-14H2,1H3,(H,25,29). The Morgan fingerprint density at radius 1 is 1.19 bits per heavy atom. The van der Waals surface area contributed by atoms with Crippen LogP contribution in [0.4, 0.5) is 14.9 Å². The Kier molecular flexibility index (Phi) is 7.29. The van der Waals surface area contributed by atoms with Gasteiger partial charge in [0.2, 0.25) is 10.0 Å². The molecule has 1 heterocycles. The van der Waals surface area contributed by atoms with Crippen LogP contribution in [-0.2, 0) is 10.0 Å². The van der Waals surface area contributed by atoms with Crippen LogP contribution in [0.25, 0.3) is 0 Å². The van der Waals surface area contributed by atoms with Crippen molar-refractivity contribution in [1.82, 2.24) is 14.1 Å². The van der Waals surface area contributed by atoms with E-state index < -0.39 is 15.8 Å². The average molecular weight is 487 g/mol. The zero-order chi connectivity index (χ0) is 22.9. The van der Waals surface area contributed by atoms with Crippen LogP contribution in [0.2, 0.25) is 5.02 Å². The number of fused-ring (bicyclic) bond motifs is 1. The smallest absolute Gasteiger partial charge is 0.320 e. The first-order valence-corrected chi connectivity index (χ1v) is 13.5. The summed E-state index contributed by atoms with van der Waals surface area (Å²) in [6.07, 6.45) is 4.47. The van der Waals surface area contributed by atoms with Gasteiger partial charge in [0.05, 0.1) is 10.8 Å². The average Bonchev–Trinajstić information content (AvgIpc) is 3.56. The predicted octanol–water partition coefficient (Wildman–Crippen LogP) is 3.47. The Balaban J connectivity index is 1.37. The molecule has 3 atom stereocenters. The van der Waals surface area contributed by atoms with Crippen LogP contribution in [-0.4, -0.2) is 79.6 Å². The molecule has 178 valence electrons. The van der Waals surface area contributed by atoms with E-state index in [4.69, 9.17) is 11.6 Å². The van der Waals surface area contributed by atoms with E-state index in [1.807, 2.05) is 4.90 Å². The number of halogens is 2. The van der Waals surface area contributed by atoms with E-state index >= 15 is 0 Å². The maximum absolute atomic E-state index is 13.5. The first-order chi connectivity index (χ1) is 15.3. The van der Waals surface area contributed by atoms with Crippen LogP contribution in [0, 0.1) is 17.7 Å². The SMILES string of the molecule is CCS(=O)(=O)N1CCN(CCN(C(=O)Nc2ccc(F)c(Cl)c2)C2CCC3CC3C2)CC1. The highest BCUT2D eigenvalue weighted by atomic mass is 35.5. The molecular weight excluding hydrogens is 455 g/mol. The number of carbonyl (C=O) groups is 1. The normalized spacial score (nSPS) is 26.4. The van der Waals surface area contributed by atoms with Crippen LogP contribution in [0.3, 0.4) is 0 Å².